The molecule has 106 valence electrons. The number of hydrogen-bond acceptors (Lipinski definition) is 5. The van der Waals surface area contributed by atoms with Crippen LogP contribution in [-0.4, -0.2) is 38.0 Å². The molecule has 0 saturated heterocycles. The van der Waals surface area contributed by atoms with Crippen LogP contribution in [-0.2, 0) is 17.9 Å². The first-order chi connectivity index (χ1) is 8.86. The maximum absolute atomic E-state index is 11.8. The molecule has 0 fully saturated rings. The Labute approximate surface area is 111 Å². The molecule has 0 radical (unpaired) electrons. The summed E-state index contributed by atoms with van der Waals surface area (Å²) in [7, 11) is 0. The molecule has 8 nitrogen and oxygen atoms in total. The molecule has 0 aliphatic heterocycles. The quantitative estimate of drug-likeness (QED) is 0.645. The first-order valence-electron chi connectivity index (χ1n) is 6.01. The predicted molar refractivity (Wildman–Crippen MR) is 67.3 cm³/mol. The number of nitrogens with one attached hydrogen (secondary N) is 1. The summed E-state index contributed by atoms with van der Waals surface area (Å²) in [5.41, 5.74) is 5.48. The maximum atomic E-state index is 11.8. The molecule has 1 aromatic heterocycles. The van der Waals surface area contributed by atoms with E-state index in [2.05, 4.69) is 15.6 Å². The van der Waals surface area contributed by atoms with Gasteiger partial charge in [-0.1, -0.05) is 19.1 Å². The van der Waals surface area contributed by atoms with Gasteiger partial charge in [0.05, 0.1) is 5.69 Å². The van der Waals surface area contributed by atoms with Gasteiger partial charge in [-0.3, -0.25) is 4.79 Å². The number of aromatic nitrogens is 3. The molecule has 1 unspecified atom stereocenters. The van der Waals surface area contributed by atoms with Gasteiger partial charge in [-0.15, -0.1) is 5.10 Å². The predicted octanol–water partition coefficient (Wildman–Crippen LogP) is -0.404. The van der Waals surface area contributed by atoms with Crippen molar-refractivity contribution >= 4 is 11.9 Å². The summed E-state index contributed by atoms with van der Waals surface area (Å²) in [6, 6.07) is 0.0243. The smallest absolute Gasteiger partial charge is 0.358 e. The molecule has 1 heterocycles. The molecule has 1 rings (SSSR count). The van der Waals surface area contributed by atoms with Crippen molar-refractivity contribution in [3.05, 3.63) is 11.4 Å². The average molecular weight is 269 g/mol. The first kappa shape index (κ1) is 15.1. The average Bonchev–Trinajstić information content (AvgIpc) is 2.71. The third-order valence-electron chi connectivity index (χ3n) is 2.92. The van der Waals surface area contributed by atoms with Gasteiger partial charge in [-0.25, -0.2) is 9.48 Å². The SMILES string of the molecule is CC(C)C(C)NC(=O)Cn1nnc(C(=O)O)c1CN. The Kier molecular flexibility index (Phi) is 4.99. The number of rotatable bonds is 6. The van der Waals surface area contributed by atoms with Gasteiger partial charge in [0.25, 0.3) is 0 Å². The zero-order chi connectivity index (χ0) is 14.6. The lowest BCUT2D eigenvalue weighted by molar-refractivity contribution is -0.122. The van der Waals surface area contributed by atoms with Crippen LogP contribution >= 0.6 is 0 Å². The van der Waals surface area contributed by atoms with E-state index >= 15 is 0 Å². The minimum Gasteiger partial charge on any atom is -0.476 e. The summed E-state index contributed by atoms with van der Waals surface area (Å²) in [5, 5.41) is 18.8. The molecule has 1 aromatic rings. The van der Waals surface area contributed by atoms with E-state index < -0.39 is 5.97 Å². The number of carboxylic acids is 1. The summed E-state index contributed by atoms with van der Waals surface area (Å²) < 4.78 is 1.21. The lowest BCUT2D eigenvalue weighted by atomic mass is 10.1. The highest BCUT2D eigenvalue weighted by atomic mass is 16.4. The maximum Gasteiger partial charge on any atom is 0.358 e. The zero-order valence-corrected chi connectivity index (χ0v) is 11.3. The van der Waals surface area contributed by atoms with Gasteiger partial charge in [0.2, 0.25) is 5.91 Å². The van der Waals surface area contributed by atoms with Crippen LogP contribution in [0, 0.1) is 5.92 Å². The topological polar surface area (TPSA) is 123 Å². The van der Waals surface area contributed by atoms with Crippen LogP contribution in [0.3, 0.4) is 0 Å². The van der Waals surface area contributed by atoms with E-state index in [0.717, 1.165) is 0 Å². The van der Waals surface area contributed by atoms with Crippen molar-refractivity contribution in [3.8, 4) is 0 Å². The van der Waals surface area contributed by atoms with Gasteiger partial charge in [-0.05, 0) is 12.8 Å². The number of carbonyl (C=O) groups is 2. The fraction of sp³-hybridized carbons (Fsp3) is 0.636. The van der Waals surface area contributed by atoms with Gasteiger partial charge >= 0.3 is 5.97 Å². The third kappa shape index (κ3) is 3.75. The van der Waals surface area contributed by atoms with Gasteiger partial charge in [-0.2, -0.15) is 0 Å². The van der Waals surface area contributed by atoms with Crippen LogP contribution < -0.4 is 11.1 Å². The summed E-state index contributed by atoms with van der Waals surface area (Å²) in [6.45, 7) is 5.75. The molecule has 4 N–H and O–H groups in total. The second-order valence-electron chi connectivity index (χ2n) is 4.65. The van der Waals surface area contributed by atoms with E-state index in [1.54, 1.807) is 0 Å². The lowest BCUT2D eigenvalue weighted by Gasteiger charge is -2.17. The lowest BCUT2D eigenvalue weighted by Crippen LogP contribution is -2.38. The van der Waals surface area contributed by atoms with Gasteiger partial charge in [0.1, 0.15) is 6.54 Å². The Morgan fingerprint density at radius 1 is 1.42 bits per heavy atom. The number of hydrogen-bond donors (Lipinski definition) is 3. The normalized spacial score (nSPS) is 12.5. The van der Waals surface area contributed by atoms with E-state index in [0.29, 0.717) is 5.92 Å². The van der Waals surface area contributed by atoms with Crippen molar-refractivity contribution in [3.63, 3.8) is 0 Å². The van der Waals surface area contributed by atoms with Crippen LogP contribution in [0.25, 0.3) is 0 Å². The summed E-state index contributed by atoms with van der Waals surface area (Å²) in [6.07, 6.45) is 0. The van der Waals surface area contributed by atoms with Crippen LogP contribution in [0.5, 0.6) is 0 Å². The molecule has 0 spiro atoms. The molecule has 0 bridgehead atoms. The van der Waals surface area contributed by atoms with Crippen molar-refractivity contribution in [2.24, 2.45) is 11.7 Å². The molecule has 0 aromatic carbocycles. The fourth-order valence-corrected chi connectivity index (χ4v) is 1.43. The number of aromatic carboxylic acids is 1. The Morgan fingerprint density at radius 2 is 2.05 bits per heavy atom. The Morgan fingerprint density at radius 3 is 2.53 bits per heavy atom. The van der Waals surface area contributed by atoms with E-state index in [1.807, 2.05) is 20.8 Å². The highest BCUT2D eigenvalue weighted by molar-refractivity contribution is 5.86. The molecule has 1 amide bonds. The van der Waals surface area contributed by atoms with Crippen molar-refractivity contribution in [1.29, 1.82) is 0 Å². The monoisotopic (exact) mass is 269 g/mol. The molecular weight excluding hydrogens is 250 g/mol. The minimum atomic E-state index is -1.21. The Balaban J connectivity index is 2.77. The van der Waals surface area contributed by atoms with E-state index in [9.17, 15) is 9.59 Å². The summed E-state index contributed by atoms with van der Waals surface area (Å²) in [5.74, 6) is -1.15. The van der Waals surface area contributed by atoms with Crippen LogP contribution in [0.1, 0.15) is 37.0 Å². The second-order valence-corrected chi connectivity index (χ2v) is 4.65. The van der Waals surface area contributed by atoms with E-state index in [-0.39, 0.29) is 36.4 Å². The first-order valence-corrected chi connectivity index (χ1v) is 6.01. The fourth-order valence-electron chi connectivity index (χ4n) is 1.43. The zero-order valence-electron chi connectivity index (χ0n) is 11.3. The highest BCUT2D eigenvalue weighted by Gasteiger charge is 2.19. The summed E-state index contributed by atoms with van der Waals surface area (Å²) in [4.78, 5) is 22.7. The molecular formula is C11H19N5O3. The van der Waals surface area contributed by atoms with Crippen molar-refractivity contribution in [1.82, 2.24) is 20.3 Å². The minimum absolute atomic E-state index is 0.0243. The van der Waals surface area contributed by atoms with Gasteiger partial charge in [0.15, 0.2) is 5.69 Å². The Bertz CT molecular complexity index is 469. The standard InChI is InChI=1S/C11H19N5O3/c1-6(2)7(3)13-9(17)5-16-8(4-12)10(11(18)19)14-15-16/h6-7H,4-5,12H2,1-3H3,(H,13,17)(H,18,19). The summed E-state index contributed by atoms with van der Waals surface area (Å²) >= 11 is 0. The van der Waals surface area contributed by atoms with Gasteiger partial charge in [0, 0.05) is 12.6 Å². The van der Waals surface area contributed by atoms with Crippen LogP contribution in [0.2, 0.25) is 0 Å². The van der Waals surface area contributed by atoms with Gasteiger partial charge < -0.3 is 16.2 Å². The largest absolute Gasteiger partial charge is 0.476 e. The van der Waals surface area contributed by atoms with Crippen molar-refractivity contribution in [2.75, 3.05) is 0 Å². The van der Waals surface area contributed by atoms with Crippen molar-refractivity contribution in [2.45, 2.75) is 39.9 Å². The molecule has 19 heavy (non-hydrogen) atoms. The molecule has 0 aliphatic carbocycles. The number of nitrogens with two attached hydrogens (primary N) is 1. The molecule has 0 saturated carbocycles. The molecule has 1 atom stereocenters. The molecule has 8 heteroatoms. The number of carbonyl (C=O) groups excluding carboxylic acids is 1. The Hall–Kier alpha value is -1.96. The number of amides is 1. The number of carboxylic acid groups (broad SMARTS) is 1. The number of nitrogens with zero attached hydrogens (tertiary/aromatic N) is 3. The molecule has 0 aliphatic rings. The van der Waals surface area contributed by atoms with Crippen LogP contribution in [0.4, 0.5) is 0 Å². The second kappa shape index (κ2) is 6.28. The van der Waals surface area contributed by atoms with Crippen LogP contribution in [0.15, 0.2) is 0 Å². The van der Waals surface area contributed by atoms with E-state index in [1.165, 1.54) is 4.68 Å². The third-order valence-corrected chi connectivity index (χ3v) is 2.92. The van der Waals surface area contributed by atoms with Crippen molar-refractivity contribution < 1.29 is 14.7 Å². The highest BCUT2D eigenvalue weighted by Crippen LogP contribution is 2.05. The van der Waals surface area contributed by atoms with E-state index in [4.69, 9.17) is 10.8 Å².